The Morgan fingerprint density at radius 2 is 2.18 bits per heavy atom. The Labute approximate surface area is 67.1 Å². The number of hydrogen-bond donors (Lipinski definition) is 0. The van der Waals surface area contributed by atoms with Crippen LogP contribution in [0.1, 0.15) is 19.8 Å². The summed E-state index contributed by atoms with van der Waals surface area (Å²) >= 11 is 0. The highest BCUT2D eigenvalue weighted by molar-refractivity contribution is 5.34. The topological polar surface area (TPSA) is 0 Å². The van der Waals surface area contributed by atoms with Crippen LogP contribution in [-0.4, -0.2) is 0 Å². The normalized spacial score (nSPS) is 17.3. The molecule has 0 heterocycles. The van der Waals surface area contributed by atoms with Gasteiger partial charge in [-0.25, -0.2) is 4.39 Å². The summed E-state index contributed by atoms with van der Waals surface area (Å²) in [6, 6.07) is 0. The van der Waals surface area contributed by atoms with E-state index >= 15 is 0 Å². The van der Waals surface area contributed by atoms with E-state index in [0.717, 1.165) is 12.8 Å². The Morgan fingerprint density at radius 1 is 1.36 bits per heavy atom. The van der Waals surface area contributed by atoms with Crippen LogP contribution in [0.2, 0.25) is 0 Å². The van der Waals surface area contributed by atoms with Crippen molar-refractivity contribution in [1.29, 1.82) is 0 Å². The fraction of sp³-hybridized carbons (Fsp3) is 0.300. The maximum atomic E-state index is 12.6. The molecule has 0 nitrogen and oxygen atoms in total. The number of hydrogen-bond acceptors (Lipinski definition) is 0. The Kier molecular flexibility index (Phi) is 3.09. The van der Waals surface area contributed by atoms with Crippen molar-refractivity contribution in [3.8, 4) is 0 Å². The van der Waals surface area contributed by atoms with Crippen LogP contribution < -0.4 is 0 Å². The predicted octanol–water partition coefficient (Wildman–Crippen LogP) is 3.34. The first-order valence-corrected chi connectivity index (χ1v) is 3.90. The van der Waals surface area contributed by atoms with Crippen LogP contribution in [0.15, 0.2) is 35.7 Å². The Morgan fingerprint density at radius 3 is 2.91 bits per heavy atom. The molecule has 1 aliphatic rings. The van der Waals surface area contributed by atoms with Crippen molar-refractivity contribution in [2.75, 3.05) is 0 Å². The lowest BCUT2D eigenvalue weighted by atomic mass is 10.1. The highest BCUT2D eigenvalue weighted by Gasteiger charge is 1.97. The zero-order chi connectivity index (χ0) is 8.10. The van der Waals surface area contributed by atoms with E-state index < -0.39 is 0 Å². The first kappa shape index (κ1) is 8.25. The van der Waals surface area contributed by atoms with Crippen molar-refractivity contribution in [1.82, 2.24) is 0 Å². The molecule has 1 rings (SSSR count). The van der Waals surface area contributed by atoms with Gasteiger partial charge in [0.15, 0.2) is 0 Å². The SMILES string of the molecule is CCCC1=CC=C(F)C=C[CH]1. The van der Waals surface area contributed by atoms with Crippen LogP contribution in [0.5, 0.6) is 0 Å². The van der Waals surface area contributed by atoms with Gasteiger partial charge in [-0.05, 0) is 18.6 Å². The molecular weight excluding hydrogens is 139 g/mol. The summed E-state index contributed by atoms with van der Waals surface area (Å²) in [7, 11) is 0. The second kappa shape index (κ2) is 4.12. The van der Waals surface area contributed by atoms with Gasteiger partial charge in [0.1, 0.15) is 5.83 Å². The van der Waals surface area contributed by atoms with Crippen LogP contribution in [-0.2, 0) is 0 Å². The molecule has 1 heteroatoms. The van der Waals surface area contributed by atoms with Gasteiger partial charge in [-0.15, -0.1) is 0 Å². The van der Waals surface area contributed by atoms with Crippen molar-refractivity contribution in [2.24, 2.45) is 0 Å². The first-order chi connectivity index (χ1) is 5.33. The average Bonchev–Trinajstić information content (AvgIpc) is 2.17. The van der Waals surface area contributed by atoms with E-state index in [1.54, 1.807) is 6.08 Å². The van der Waals surface area contributed by atoms with Gasteiger partial charge in [0, 0.05) is 6.42 Å². The van der Waals surface area contributed by atoms with Crippen molar-refractivity contribution in [2.45, 2.75) is 19.8 Å². The molecule has 11 heavy (non-hydrogen) atoms. The summed E-state index contributed by atoms with van der Waals surface area (Å²) in [6.07, 6.45) is 10.6. The molecule has 0 aromatic carbocycles. The molecule has 1 aliphatic carbocycles. The highest BCUT2D eigenvalue weighted by atomic mass is 19.1. The van der Waals surface area contributed by atoms with Crippen molar-refractivity contribution >= 4 is 0 Å². The van der Waals surface area contributed by atoms with Gasteiger partial charge in [-0.1, -0.05) is 31.1 Å². The summed E-state index contributed by atoms with van der Waals surface area (Å²) < 4.78 is 12.6. The quantitative estimate of drug-likeness (QED) is 0.567. The highest BCUT2D eigenvalue weighted by Crippen LogP contribution is 2.14. The summed E-state index contributed by atoms with van der Waals surface area (Å²) in [5, 5.41) is 0. The molecule has 0 fully saturated rings. The van der Waals surface area contributed by atoms with E-state index in [9.17, 15) is 4.39 Å². The molecule has 0 unspecified atom stereocenters. The molecule has 1 radical (unpaired) electrons. The molecule has 0 bridgehead atoms. The fourth-order valence-corrected chi connectivity index (χ4v) is 1.02. The van der Waals surface area contributed by atoms with Crippen LogP contribution in [0.3, 0.4) is 0 Å². The predicted molar refractivity (Wildman–Crippen MR) is 45.6 cm³/mol. The van der Waals surface area contributed by atoms with E-state index in [1.807, 2.05) is 12.5 Å². The summed E-state index contributed by atoms with van der Waals surface area (Å²) in [4.78, 5) is 0. The lowest BCUT2D eigenvalue weighted by Gasteiger charge is -1.97. The minimum atomic E-state index is -0.174. The van der Waals surface area contributed by atoms with Crippen LogP contribution in [0.4, 0.5) is 4.39 Å². The fourth-order valence-electron chi connectivity index (χ4n) is 1.02. The molecule has 0 saturated heterocycles. The van der Waals surface area contributed by atoms with Gasteiger partial charge in [0.2, 0.25) is 0 Å². The lowest BCUT2D eigenvalue weighted by Crippen LogP contribution is -1.79. The van der Waals surface area contributed by atoms with Crippen molar-refractivity contribution in [3.05, 3.63) is 42.1 Å². The van der Waals surface area contributed by atoms with Crippen LogP contribution in [0.25, 0.3) is 0 Å². The summed E-state index contributed by atoms with van der Waals surface area (Å²) in [5.41, 5.74) is 1.19. The van der Waals surface area contributed by atoms with E-state index in [4.69, 9.17) is 0 Å². The Hall–Kier alpha value is -0.850. The van der Waals surface area contributed by atoms with Gasteiger partial charge >= 0.3 is 0 Å². The van der Waals surface area contributed by atoms with E-state index in [-0.39, 0.29) is 5.83 Å². The molecule has 0 N–H and O–H groups in total. The number of rotatable bonds is 2. The Bertz CT molecular complexity index is 209. The second-order valence-electron chi connectivity index (χ2n) is 2.57. The molecular formula is C10H12F. The van der Waals surface area contributed by atoms with Gasteiger partial charge in [0.05, 0.1) is 0 Å². The molecule has 0 atom stereocenters. The maximum Gasteiger partial charge on any atom is 0.122 e. The van der Waals surface area contributed by atoms with Crippen LogP contribution >= 0.6 is 0 Å². The maximum absolute atomic E-state index is 12.6. The minimum absolute atomic E-state index is 0.174. The largest absolute Gasteiger partial charge is 0.207 e. The molecule has 0 amide bonds. The Balaban J connectivity index is 2.62. The third-order valence-corrected chi connectivity index (χ3v) is 1.56. The average molecular weight is 151 g/mol. The van der Waals surface area contributed by atoms with Gasteiger partial charge in [-0.2, -0.15) is 0 Å². The van der Waals surface area contributed by atoms with E-state index in [0.29, 0.717) is 0 Å². The smallest absolute Gasteiger partial charge is 0.122 e. The standard InChI is InChI=1S/C10H12F/c1-2-4-9-5-3-6-10(11)8-7-9/h3,5-8H,2,4H2,1H3. The van der Waals surface area contributed by atoms with E-state index in [1.165, 1.54) is 17.7 Å². The zero-order valence-corrected chi connectivity index (χ0v) is 6.68. The molecule has 0 aliphatic heterocycles. The molecule has 59 valence electrons. The minimum Gasteiger partial charge on any atom is -0.207 e. The van der Waals surface area contributed by atoms with E-state index in [2.05, 4.69) is 6.92 Å². The molecule has 0 aromatic rings. The van der Waals surface area contributed by atoms with Gasteiger partial charge < -0.3 is 0 Å². The van der Waals surface area contributed by atoms with Crippen molar-refractivity contribution in [3.63, 3.8) is 0 Å². The molecule has 0 saturated carbocycles. The van der Waals surface area contributed by atoms with Crippen LogP contribution in [0, 0.1) is 6.42 Å². The second-order valence-corrected chi connectivity index (χ2v) is 2.57. The van der Waals surface area contributed by atoms with Gasteiger partial charge in [-0.3, -0.25) is 0 Å². The first-order valence-electron chi connectivity index (χ1n) is 3.90. The van der Waals surface area contributed by atoms with Crippen molar-refractivity contribution < 1.29 is 4.39 Å². The third-order valence-electron chi connectivity index (χ3n) is 1.56. The lowest BCUT2D eigenvalue weighted by molar-refractivity contribution is 0.667. The summed E-state index contributed by atoms with van der Waals surface area (Å²) in [5.74, 6) is -0.174. The monoisotopic (exact) mass is 151 g/mol. The summed E-state index contributed by atoms with van der Waals surface area (Å²) in [6.45, 7) is 2.11. The zero-order valence-electron chi connectivity index (χ0n) is 6.68. The molecule has 0 aromatic heterocycles. The molecule has 0 spiro atoms. The third kappa shape index (κ3) is 2.71. The number of allylic oxidation sites excluding steroid dienone is 6. The van der Waals surface area contributed by atoms with Gasteiger partial charge in [0.25, 0.3) is 0 Å². The number of halogens is 1.